The maximum Gasteiger partial charge on any atom is 0.304 e. The zero-order chi connectivity index (χ0) is 13.7. The van der Waals surface area contributed by atoms with E-state index in [4.69, 9.17) is 5.11 Å². The topological polar surface area (TPSA) is 92.5 Å². The first-order chi connectivity index (χ1) is 8.40. The molecule has 2 N–H and O–H groups in total. The Morgan fingerprint density at radius 1 is 1.61 bits per heavy atom. The van der Waals surface area contributed by atoms with E-state index in [2.05, 4.69) is 5.32 Å². The van der Waals surface area contributed by atoms with E-state index in [9.17, 15) is 19.3 Å². The maximum atomic E-state index is 13.3. The van der Waals surface area contributed by atoms with Gasteiger partial charge >= 0.3 is 11.7 Å². The molecule has 0 fully saturated rings. The number of carboxylic acid groups (broad SMARTS) is 1. The minimum absolute atomic E-state index is 0.00360. The minimum Gasteiger partial charge on any atom is -0.481 e. The van der Waals surface area contributed by atoms with E-state index < -0.39 is 22.4 Å². The molecule has 1 rings (SSSR count). The fraction of sp³-hybridized carbons (Fsp3) is 0.364. The molecule has 0 aromatic heterocycles. The Bertz CT molecular complexity index is 464. The van der Waals surface area contributed by atoms with Crippen LogP contribution in [0.3, 0.4) is 0 Å². The Morgan fingerprint density at radius 3 is 2.78 bits per heavy atom. The fourth-order valence-corrected chi connectivity index (χ4v) is 1.44. The van der Waals surface area contributed by atoms with Crippen molar-refractivity contribution in [3.8, 4) is 0 Å². The largest absolute Gasteiger partial charge is 0.481 e. The second-order valence-corrected chi connectivity index (χ2v) is 3.90. The van der Waals surface area contributed by atoms with Crippen molar-refractivity contribution in [1.29, 1.82) is 0 Å². The average molecular weight is 256 g/mol. The number of aliphatic carboxylic acids is 1. The summed E-state index contributed by atoms with van der Waals surface area (Å²) in [5.41, 5.74) is -0.199. The number of carboxylic acids is 1. The van der Waals surface area contributed by atoms with Crippen LogP contribution in [0.15, 0.2) is 18.2 Å². The van der Waals surface area contributed by atoms with E-state index in [1.165, 1.54) is 6.07 Å². The van der Waals surface area contributed by atoms with Crippen LogP contribution in [-0.4, -0.2) is 22.0 Å². The summed E-state index contributed by atoms with van der Waals surface area (Å²) in [5, 5.41) is 21.8. The highest BCUT2D eigenvalue weighted by atomic mass is 19.1. The van der Waals surface area contributed by atoms with Crippen molar-refractivity contribution in [3.63, 3.8) is 0 Å². The third-order valence-electron chi connectivity index (χ3n) is 2.35. The quantitative estimate of drug-likeness (QED) is 0.602. The van der Waals surface area contributed by atoms with Crippen LogP contribution in [0.25, 0.3) is 0 Å². The normalized spacial score (nSPS) is 11.9. The number of nitrogens with zero attached hydrogens (tertiary/aromatic N) is 1. The summed E-state index contributed by atoms with van der Waals surface area (Å²) in [7, 11) is 0. The number of rotatable bonds is 6. The molecular weight excluding hydrogens is 243 g/mol. The van der Waals surface area contributed by atoms with Crippen molar-refractivity contribution >= 4 is 17.3 Å². The molecule has 98 valence electrons. The van der Waals surface area contributed by atoms with Crippen molar-refractivity contribution in [2.75, 3.05) is 5.32 Å². The molecule has 0 bridgehead atoms. The van der Waals surface area contributed by atoms with Crippen LogP contribution < -0.4 is 5.32 Å². The van der Waals surface area contributed by atoms with Gasteiger partial charge in [-0.1, -0.05) is 0 Å². The first-order valence-electron chi connectivity index (χ1n) is 5.32. The summed E-state index contributed by atoms with van der Waals surface area (Å²) in [5.74, 6) is -1.83. The van der Waals surface area contributed by atoms with E-state index in [0.29, 0.717) is 12.1 Å². The number of carbonyl (C=O) groups is 1. The third kappa shape index (κ3) is 4.00. The van der Waals surface area contributed by atoms with Crippen molar-refractivity contribution in [2.45, 2.75) is 25.8 Å². The SMILES string of the molecule is CC(CCC(=O)O)Nc1ccc([N+](=O)[O-])c(F)c1. The van der Waals surface area contributed by atoms with E-state index in [0.717, 1.165) is 12.1 Å². The highest BCUT2D eigenvalue weighted by Crippen LogP contribution is 2.21. The van der Waals surface area contributed by atoms with Gasteiger partial charge in [-0.05, 0) is 19.4 Å². The number of benzene rings is 1. The van der Waals surface area contributed by atoms with Gasteiger partial charge in [0.2, 0.25) is 5.82 Å². The molecule has 6 nitrogen and oxygen atoms in total. The Hall–Kier alpha value is -2.18. The lowest BCUT2D eigenvalue weighted by Crippen LogP contribution is -2.16. The van der Waals surface area contributed by atoms with Gasteiger partial charge in [0.25, 0.3) is 0 Å². The van der Waals surface area contributed by atoms with Gasteiger partial charge in [0.1, 0.15) is 0 Å². The Labute approximate surface area is 103 Å². The Balaban J connectivity index is 2.65. The molecule has 0 saturated heterocycles. The van der Waals surface area contributed by atoms with E-state index in [1.54, 1.807) is 6.92 Å². The molecule has 0 amide bonds. The van der Waals surface area contributed by atoms with Crippen LogP contribution in [-0.2, 0) is 4.79 Å². The van der Waals surface area contributed by atoms with Gasteiger partial charge in [-0.15, -0.1) is 0 Å². The maximum absolute atomic E-state index is 13.3. The van der Waals surface area contributed by atoms with Crippen LogP contribution in [0.5, 0.6) is 0 Å². The van der Waals surface area contributed by atoms with Gasteiger partial charge in [-0.25, -0.2) is 0 Å². The highest BCUT2D eigenvalue weighted by molar-refractivity contribution is 5.66. The first-order valence-corrected chi connectivity index (χ1v) is 5.32. The van der Waals surface area contributed by atoms with Crippen LogP contribution in [0, 0.1) is 15.9 Å². The van der Waals surface area contributed by atoms with Gasteiger partial charge in [0.15, 0.2) is 0 Å². The van der Waals surface area contributed by atoms with Gasteiger partial charge in [0.05, 0.1) is 4.92 Å². The summed E-state index contributed by atoms with van der Waals surface area (Å²) in [6.07, 6.45) is 0.386. The molecule has 0 radical (unpaired) electrons. The monoisotopic (exact) mass is 256 g/mol. The number of hydrogen-bond acceptors (Lipinski definition) is 4. The summed E-state index contributed by atoms with van der Waals surface area (Å²) in [6, 6.07) is 3.32. The molecule has 0 saturated carbocycles. The molecule has 0 aliphatic rings. The van der Waals surface area contributed by atoms with Crippen molar-refractivity contribution in [2.24, 2.45) is 0 Å². The molecular formula is C11H13FN2O4. The second kappa shape index (κ2) is 5.95. The van der Waals surface area contributed by atoms with Crippen LogP contribution in [0.4, 0.5) is 15.8 Å². The van der Waals surface area contributed by atoms with Gasteiger partial charge in [-0.3, -0.25) is 14.9 Å². The summed E-state index contributed by atoms with van der Waals surface area (Å²) >= 11 is 0. The Morgan fingerprint density at radius 2 is 2.28 bits per heavy atom. The molecule has 0 aliphatic heterocycles. The third-order valence-corrected chi connectivity index (χ3v) is 2.35. The predicted octanol–water partition coefficient (Wildman–Crippen LogP) is 2.40. The number of anilines is 1. The van der Waals surface area contributed by atoms with E-state index in [1.807, 2.05) is 0 Å². The van der Waals surface area contributed by atoms with Crippen molar-refractivity contribution in [3.05, 3.63) is 34.1 Å². The molecule has 1 unspecified atom stereocenters. The van der Waals surface area contributed by atoms with Crippen LogP contribution >= 0.6 is 0 Å². The molecule has 7 heteroatoms. The number of nitrogens with one attached hydrogen (secondary N) is 1. The molecule has 18 heavy (non-hydrogen) atoms. The average Bonchev–Trinajstić information content (AvgIpc) is 2.26. The van der Waals surface area contributed by atoms with Gasteiger partial charge in [0, 0.05) is 30.3 Å². The zero-order valence-corrected chi connectivity index (χ0v) is 9.72. The Kier molecular flexibility index (Phi) is 4.59. The lowest BCUT2D eigenvalue weighted by molar-refractivity contribution is -0.387. The fourth-order valence-electron chi connectivity index (χ4n) is 1.44. The standard InChI is InChI=1S/C11H13FN2O4/c1-7(2-5-11(15)16)13-8-3-4-10(14(17)18)9(12)6-8/h3-4,6-7,13H,2,5H2,1H3,(H,15,16). The van der Waals surface area contributed by atoms with Gasteiger partial charge in [-0.2, -0.15) is 4.39 Å². The van der Waals surface area contributed by atoms with Crippen LogP contribution in [0.1, 0.15) is 19.8 Å². The smallest absolute Gasteiger partial charge is 0.304 e. The van der Waals surface area contributed by atoms with E-state index >= 15 is 0 Å². The molecule has 0 spiro atoms. The molecule has 0 aliphatic carbocycles. The highest BCUT2D eigenvalue weighted by Gasteiger charge is 2.14. The second-order valence-electron chi connectivity index (χ2n) is 3.90. The molecule has 1 atom stereocenters. The summed E-state index contributed by atoms with van der Waals surface area (Å²) < 4.78 is 13.3. The zero-order valence-electron chi connectivity index (χ0n) is 9.72. The predicted molar refractivity (Wildman–Crippen MR) is 63.0 cm³/mol. The molecule has 0 heterocycles. The number of hydrogen-bond donors (Lipinski definition) is 2. The molecule has 1 aromatic carbocycles. The number of nitro benzene ring substituents is 1. The van der Waals surface area contributed by atoms with E-state index in [-0.39, 0.29) is 12.5 Å². The van der Waals surface area contributed by atoms with Crippen molar-refractivity contribution in [1.82, 2.24) is 0 Å². The van der Waals surface area contributed by atoms with Crippen molar-refractivity contribution < 1.29 is 19.2 Å². The lowest BCUT2D eigenvalue weighted by atomic mass is 10.1. The number of nitro groups is 1. The summed E-state index contributed by atoms with van der Waals surface area (Å²) in [6.45, 7) is 1.75. The first kappa shape index (κ1) is 13.9. The summed E-state index contributed by atoms with van der Waals surface area (Å²) in [4.78, 5) is 20.0. The lowest BCUT2D eigenvalue weighted by Gasteiger charge is -2.14. The van der Waals surface area contributed by atoms with Gasteiger partial charge < -0.3 is 10.4 Å². The minimum atomic E-state index is -0.921. The molecule has 1 aromatic rings. The van der Waals surface area contributed by atoms with Crippen LogP contribution in [0.2, 0.25) is 0 Å². The number of halogens is 1.